The zero-order valence-corrected chi connectivity index (χ0v) is 21.7. The first-order chi connectivity index (χ1) is 15.6. The molecule has 1 aliphatic heterocycles. The third kappa shape index (κ3) is 6.17. The van der Waals surface area contributed by atoms with E-state index < -0.39 is 0 Å². The van der Waals surface area contributed by atoms with Crippen molar-refractivity contribution in [1.29, 1.82) is 0 Å². The van der Waals surface area contributed by atoms with Crippen LogP contribution in [0.1, 0.15) is 29.7 Å². The summed E-state index contributed by atoms with van der Waals surface area (Å²) in [7, 11) is 3.27. The Morgan fingerprint density at radius 3 is 2.64 bits per heavy atom. The quantitative estimate of drug-likeness (QED) is 0.254. The maximum absolute atomic E-state index is 13.9. The fourth-order valence-corrected chi connectivity index (χ4v) is 4.25. The molecule has 2 aromatic carbocycles. The summed E-state index contributed by atoms with van der Waals surface area (Å²) >= 11 is 0. The predicted octanol–water partition coefficient (Wildman–Crippen LogP) is 4.84. The standard InChI is InChI=1S/C25H31FN4O2.HI/c1-17-20-6-4-5-7-22(20)32-24(17)15-28-25(27-2)29-19-10-12-30(13-11-19)16-18-8-9-23(31-3)21(26)14-18;/h4-9,14,19H,10-13,15-16H2,1-3H3,(H2,27,28,29);1H. The Morgan fingerprint density at radius 1 is 1.21 bits per heavy atom. The monoisotopic (exact) mass is 566 g/mol. The number of piperidine rings is 1. The minimum atomic E-state index is -0.309. The Labute approximate surface area is 211 Å². The van der Waals surface area contributed by atoms with Crippen molar-refractivity contribution >= 4 is 40.9 Å². The molecule has 33 heavy (non-hydrogen) atoms. The Hall–Kier alpha value is -2.33. The predicted molar refractivity (Wildman–Crippen MR) is 141 cm³/mol. The number of likely N-dealkylation sites (tertiary alicyclic amines) is 1. The third-order valence-corrected chi connectivity index (χ3v) is 6.13. The van der Waals surface area contributed by atoms with Gasteiger partial charge < -0.3 is 19.8 Å². The van der Waals surface area contributed by atoms with Crippen LogP contribution in [0.15, 0.2) is 51.9 Å². The maximum atomic E-state index is 13.9. The number of fused-ring (bicyclic) bond motifs is 1. The molecule has 178 valence electrons. The molecule has 2 heterocycles. The van der Waals surface area contributed by atoms with Gasteiger partial charge in [0, 0.05) is 43.7 Å². The Balaban J connectivity index is 0.00000306. The molecular weight excluding hydrogens is 534 g/mol. The fourth-order valence-electron chi connectivity index (χ4n) is 4.25. The highest BCUT2D eigenvalue weighted by Gasteiger charge is 2.21. The van der Waals surface area contributed by atoms with Crippen LogP contribution in [-0.4, -0.2) is 44.1 Å². The van der Waals surface area contributed by atoms with Crippen LogP contribution in [0, 0.1) is 12.7 Å². The van der Waals surface area contributed by atoms with Gasteiger partial charge in [0.25, 0.3) is 0 Å². The van der Waals surface area contributed by atoms with Crippen LogP contribution in [0.4, 0.5) is 4.39 Å². The van der Waals surface area contributed by atoms with Crippen LogP contribution in [0.2, 0.25) is 0 Å². The van der Waals surface area contributed by atoms with E-state index in [4.69, 9.17) is 9.15 Å². The molecule has 1 aromatic heterocycles. The van der Waals surface area contributed by atoms with Crippen molar-refractivity contribution in [2.24, 2.45) is 4.99 Å². The van der Waals surface area contributed by atoms with E-state index >= 15 is 0 Å². The van der Waals surface area contributed by atoms with E-state index in [2.05, 4.69) is 33.5 Å². The largest absolute Gasteiger partial charge is 0.494 e. The summed E-state index contributed by atoms with van der Waals surface area (Å²) in [6.07, 6.45) is 2.01. The molecule has 1 fully saturated rings. The molecule has 0 atom stereocenters. The molecule has 0 aliphatic carbocycles. The second kappa shape index (κ2) is 11.7. The molecule has 2 N–H and O–H groups in total. The number of nitrogens with one attached hydrogen (secondary N) is 2. The number of hydrogen-bond donors (Lipinski definition) is 2. The fraction of sp³-hybridized carbons (Fsp3) is 0.400. The van der Waals surface area contributed by atoms with E-state index in [1.807, 2.05) is 24.3 Å². The highest BCUT2D eigenvalue weighted by Crippen LogP contribution is 2.25. The number of benzene rings is 2. The lowest BCUT2D eigenvalue weighted by Crippen LogP contribution is -2.48. The maximum Gasteiger partial charge on any atom is 0.191 e. The number of aliphatic imine (C=N–C) groups is 1. The normalized spacial score (nSPS) is 15.3. The first-order valence-corrected chi connectivity index (χ1v) is 11.1. The number of hydrogen-bond acceptors (Lipinski definition) is 4. The second-order valence-corrected chi connectivity index (χ2v) is 8.24. The van der Waals surface area contributed by atoms with Gasteiger partial charge in [0.2, 0.25) is 0 Å². The number of ether oxygens (including phenoxy) is 1. The molecule has 6 nitrogen and oxygen atoms in total. The molecule has 0 bridgehead atoms. The lowest BCUT2D eigenvalue weighted by molar-refractivity contribution is 0.198. The van der Waals surface area contributed by atoms with Crippen molar-refractivity contribution in [3.63, 3.8) is 0 Å². The summed E-state index contributed by atoms with van der Waals surface area (Å²) < 4.78 is 24.9. The lowest BCUT2D eigenvalue weighted by Gasteiger charge is -2.33. The van der Waals surface area contributed by atoms with Gasteiger partial charge in [0.05, 0.1) is 13.7 Å². The summed E-state index contributed by atoms with van der Waals surface area (Å²) in [6.45, 7) is 5.31. The van der Waals surface area contributed by atoms with Crippen LogP contribution in [0.3, 0.4) is 0 Å². The molecule has 1 aliphatic rings. The molecule has 0 spiro atoms. The molecule has 0 radical (unpaired) electrons. The Kier molecular flexibility index (Phi) is 8.96. The Morgan fingerprint density at radius 2 is 1.97 bits per heavy atom. The molecule has 0 unspecified atom stereocenters. The number of halogens is 2. The van der Waals surface area contributed by atoms with Crippen molar-refractivity contribution in [3.05, 3.63) is 65.2 Å². The van der Waals surface area contributed by atoms with Gasteiger partial charge in [-0.2, -0.15) is 0 Å². The topological polar surface area (TPSA) is 62.0 Å². The molecule has 0 amide bonds. The molecule has 3 aromatic rings. The van der Waals surface area contributed by atoms with Crippen LogP contribution in [0.5, 0.6) is 5.75 Å². The SMILES string of the molecule is CN=C(NCc1oc2ccccc2c1C)NC1CCN(Cc2ccc(OC)c(F)c2)CC1.I. The summed E-state index contributed by atoms with van der Waals surface area (Å²) in [5.74, 6) is 1.68. The third-order valence-electron chi connectivity index (χ3n) is 6.13. The zero-order chi connectivity index (χ0) is 22.5. The summed E-state index contributed by atoms with van der Waals surface area (Å²) in [4.78, 5) is 6.73. The molecular formula is C25H32FIN4O2. The van der Waals surface area contributed by atoms with Crippen molar-refractivity contribution in [3.8, 4) is 5.75 Å². The van der Waals surface area contributed by atoms with Gasteiger partial charge in [-0.05, 0) is 43.5 Å². The van der Waals surface area contributed by atoms with Crippen molar-refractivity contribution in [1.82, 2.24) is 15.5 Å². The number of furan rings is 1. The van der Waals surface area contributed by atoms with Crippen LogP contribution in [0.25, 0.3) is 11.0 Å². The smallest absolute Gasteiger partial charge is 0.191 e. The van der Waals surface area contributed by atoms with Crippen LogP contribution >= 0.6 is 24.0 Å². The highest BCUT2D eigenvalue weighted by atomic mass is 127. The highest BCUT2D eigenvalue weighted by molar-refractivity contribution is 14.0. The van der Waals surface area contributed by atoms with Crippen LogP contribution < -0.4 is 15.4 Å². The van der Waals surface area contributed by atoms with Crippen molar-refractivity contribution < 1.29 is 13.5 Å². The average Bonchev–Trinajstić information content (AvgIpc) is 3.13. The summed E-state index contributed by atoms with van der Waals surface area (Å²) in [5, 5.41) is 8.06. The van der Waals surface area contributed by atoms with Gasteiger partial charge in [-0.15, -0.1) is 24.0 Å². The number of para-hydroxylation sites is 1. The zero-order valence-electron chi connectivity index (χ0n) is 19.4. The van der Waals surface area contributed by atoms with E-state index in [1.54, 1.807) is 19.2 Å². The van der Waals surface area contributed by atoms with E-state index in [9.17, 15) is 4.39 Å². The van der Waals surface area contributed by atoms with Crippen LogP contribution in [-0.2, 0) is 13.1 Å². The number of aryl methyl sites for hydroxylation is 1. The molecule has 8 heteroatoms. The van der Waals surface area contributed by atoms with Crippen molar-refractivity contribution in [2.45, 2.75) is 38.9 Å². The number of methoxy groups -OCH3 is 1. The number of guanidine groups is 1. The van der Waals surface area contributed by atoms with Gasteiger partial charge in [-0.1, -0.05) is 24.3 Å². The van der Waals surface area contributed by atoms with E-state index in [0.29, 0.717) is 12.6 Å². The molecule has 1 saturated heterocycles. The Bertz CT molecular complexity index is 1090. The molecule has 4 rings (SSSR count). The summed E-state index contributed by atoms with van der Waals surface area (Å²) in [6, 6.07) is 13.6. The van der Waals surface area contributed by atoms with E-state index in [1.165, 1.54) is 7.11 Å². The van der Waals surface area contributed by atoms with E-state index in [-0.39, 0.29) is 35.5 Å². The van der Waals surface area contributed by atoms with Gasteiger partial charge >= 0.3 is 0 Å². The second-order valence-electron chi connectivity index (χ2n) is 8.24. The van der Waals surface area contributed by atoms with Gasteiger partial charge in [0.1, 0.15) is 11.3 Å². The number of rotatable bonds is 6. The minimum absolute atomic E-state index is 0. The minimum Gasteiger partial charge on any atom is -0.494 e. The van der Waals surface area contributed by atoms with E-state index in [0.717, 1.165) is 66.3 Å². The summed E-state index contributed by atoms with van der Waals surface area (Å²) in [5.41, 5.74) is 3.04. The average molecular weight is 566 g/mol. The first-order valence-electron chi connectivity index (χ1n) is 11.1. The number of nitrogens with zero attached hydrogens (tertiary/aromatic N) is 2. The lowest BCUT2D eigenvalue weighted by atomic mass is 10.0. The van der Waals surface area contributed by atoms with Gasteiger partial charge in [-0.3, -0.25) is 9.89 Å². The van der Waals surface area contributed by atoms with Crippen molar-refractivity contribution in [2.75, 3.05) is 27.2 Å². The first kappa shape index (κ1) is 25.3. The molecule has 0 saturated carbocycles. The van der Waals surface area contributed by atoms with Gasteiger partial charge in [0.15, 0.2) is 17.5 Å². The van der Waals surface area contributed by atoms with Gasteiger partial charge in [-0.25, -0.2) is 4.39 Å².